The first-order chi connectivity index (χ1) is 13.5. The summed E-state index contributed by atoms with van der Waals surface area (Å²) in [5.41, 5.74) is 2.54. The molecule has 148 valence electrons. The van der Waals surface area contributed by atoms with Gasteiger partial charge >= 0.3 is 5.97 Å². The summed E-state index contributed by atoms with van der Waals surface area (Å²) in [7, 11) is 1.88. The van der Waals surface area contributed by atoms with Crippen molar-refractivity contribution >= 4 is 17.6 Å². The number of likely N-dealkylation sites (N-methyl/N-ethyl adjacent to an activating group) is 1. The second kappa shape index (κ2) is 9.48. The maximum Gasteiger partial charge on any atom is 0.317 e. The molecule has 0 atom stereocenters. The van der Waals surface area contributed by atoms with Gasteiger partial charge < -0.3 is 10.4 Å². The van der Waals surface area contributed by atoms with E-state index in [2.05, 4.69) is 10.2 Å². The van der Waals surface area contributed by atoms with Crippen LogP contribution >= 0.6 is 0 Å². The Kier molecular flexibility index (Phi) is 6.79. The molecule has 0 radical (unpaired) electrons. The number of carbonyl (C=O) groups is 2. The largest absolute Gasteiger partial charge is 0.480 e. The molecule has 0 aromatic heterocycles. The fourth-order valence-corrected chi connectivity index (χ4v) is 3.65. The van der Waals surface area contributed by atoms with Crippen molar-refractivity contribution in [3.63, 3.8) is 0 Å². The van der Waals surface area contributed by atoms with E-state index in [4.69, 9.17) is 5.11 Å². The van der Waals surface area contributed by atoms with Crippen molar-refractivity contribution in [2.45, 2.75) is 25.4 Å². The first-order valence-electron chi connectivity index (χ1n) is 9.61. The molecule has 1 aliphatic rings. The number of hydrogen-bond donors (Lipinski definition) is 2. The van der Waals surface area contributed by atoms with Crippen molar-refractivity contribution in [2.24, 2.45) is 0 Å². The zero-order valence-electron chi connectivity index (χ0n) is 16.2. The third kappa shape index (κ3) is 5.65. The van der Waals surface area contributed by atoms with Gasteiger partial charge in [0.1, 0.15) is 0 Å². The van der Waals surface area contributed by atoms with Gasteiger partial charge in [0.2, 0.25) is 0 Å². The van der Waals surface area contributed by atoms with Crippen molar-refractivity contribution in [1.82, 2.24) is 9.80 Å². The predicted octanol–water partition coefficient (Wildman–Crippen LogP) is 2.92. The third-order valence-corrected chi connectivity index (χ3v) is 5.19. The minimum Gasteiger partial charge on any atom is -0.480 e. The maximum absolute atomic E-state index is 12.5. The molecule has 1 amide bonds. The van der Waals surface area contributed by atoms with Crippen LogP contribution in [-0.4, -0.2) is 59.5 Å². The first kappa shape index (κ1) is 20.0. The van der Waals surface area contributed by atoms with Gasteiger partial charge in [0.05, 0.1) is 6.54 Å². The molecule has 2 aromatic carbocycles. The van der Waals surface area contributed by atoms with Crippen molar-refractivity contribution in [2.75, 3.05) is 32.0 Å². The molecule has 0 bridgehead atoms. The minimum absolute atomic E-state index is 0.0865. The molecule has 6 heteroatoms. The zero-order valence-corrected chi connectivity index (χ0v) is 16.2. The number of hydrogen-bond acceptors (Lipinski definition) is 4. The van der Waals surface area contributed by atoms with Crippen LogP contribution in [0, 0.1) is 0 Å². The van der Waals surface area contributed by atoms with E-state index in [1.54, 1.807) is 0 Å². The lowest BCUT2D eigenvalue weighted by molar-refractivity contribution is -0.138. The lowest BCUT2D eigenvalue weighted by Crippen LogP contribution is -2.44. The molecular weight excluding hydrogens is 354 g/mol. The van der Waals surface area contributed by atoms with Crippen LogP contribution in [0.5, 0.6) is 0 Å². The summed E-state index contributed by atoms with van der Waals surface area (Å²) in [6.07, 6.45) is 1.91. The maximum atomic E-state index is 12.5. The zero-order chi connectivity index (χ0) is 19.9. The van der Waals surface area contributed by atoms with Crippen LogP contribution in [0.1, 0.15) is 28.8 Å². The van der Waals surface area contributed by atoms with Crippen molar-refractivity contribution in [3.05, 3.63) is 65.7 Å². The predicted molar refractivity (Wildman–Crippen MR) is 109 cm³/mol. The Morgan fingerprint density at radius 2 is 1.82 bits per heavy atom. The topological polar surface area (TPSA) is 72.9 Å². The van der Waals surface area contributed by atoms with Gasteiger partial charge in [0.25, 0.3) is 5.91 Å². The Bertz CT molecular complexity index is 802. The number of anilines is 1. The highest BCUT2D eigenvalue weighted by Gasteiger charge is 2.23. The molecule has 28 heavy (non-hydrogen) atoms. The number of rotatable bonds is 7. The Hall–Kier alpha value is -2.70. The van der Waals surface area contributed by atoms with Crippen molar-refractivity contribution in [3.8, 4) is 0 Å². The van der Waals surface area contributed by atoms with Gasteiger partial charge in [-0.3, -0.25) is 19.4 Å². The number of piperidine rings is 1. The van der Waals surface area contributed by atoms with E-state index >= 15 is 0 Å². The number of amides is 1. The summed E-state index contributed by atoms with van der Waals surface area (Å²) in [5, 5.41) is 11.9. The molecule has 1 fully saturated rings. The molecule has 1 saturated heterocycles. The molecule has 6 nitrogen and oxygen atoms in total. The Morgan fingerprint density at radius 3 is 2.50 bits per heavy atom. The van der Waals surface area contributed by atoms with Crippen LogP contribution in [0.3, 0.4) is 0 Å². The smallest absolute Gasteiger partial charge is 0.317 e. The summed E-state index contributed by atoms with van der Waals surface area (Å²) in [6.45, 7) is 2.73. The van der Waals surface area contributed by atoms with Crippen molar-refractivity contribution in [1.29, 1.82) is 0 Å². The third-order valence-electron chi connectivity index (χ3n) is 5.19. The quantitative estimate of drug-likeness (QED) is 0.772. The van der Waals surface area contributed by atoms with Crippen LogP contribution in [0.4, 0.5) is 5.69 Å². The average Bonchev–Trinajstić information content (AvgIpc) is 2.69. The number of nitrogens with zero attached hydrogens (tertiary/aromatic N) is 2. The average molecular weight is 381 g/mol. The molecule has 3 rings (SSSR count). The fraction of sp³-hybridized carbons (Fsp3) is 0.364. The van der Waals surface area contributed by atoms with E-state index in [1.807, 2.05) is 66.5 Å². The van der Waals surface area contributed by atoms with Gasteiger partial charge in [-0.1, -0.05) is 30.3 Å². The molecule has 1 aliphatic heterocycles. The summed E-state index contributed by atoms with van der Waals surface area (Å²) in [6, 6.07) is 17.5. The molecule has 0 saturated carbocycles. The van der Waals surface area contributed by atoms with Crippen LogP contribution in [0.2, 0.25) is 0 Å². The number of carboxylic acid groups (broad SMARTS) is 1. The number of benzene rings is 2. The molecule has 1 heterocycles. The minimum atomic E-state index is -0.782. The van der Waals surface area contributed by atoms with Gasteiger partial charge in [0.15, 0.2) is 0 Å². The summed E-state index contributed by atoms with van der Waals surface area (Å²) < 4.78 is 0. The number of nitrogens with one attached hydrogen (secondary N) is 1. The van der Waals surface area contributed by atoms with Gasteiger partial charge in [-0.2, -0.15) is 0 Å². The van der Waals surface area contributed by atoms with E-state index < -0.39 is 5.97 Å². The summed E-state index contributed by atoms with van der Waals surface area (Å²) in [5.74, 6) is -0.891. The number of carboxylic acids is 1. The standard InChI is InChI=1S/C22H27N3O3/c1-24(16-21(26)27)20-10-12-25(13-11-20)15-17-6-5-7-18(14-17)22(28)23-19-8-3-2-4-9-19/h2-9,14,20H,10-13,15-16H2,1H3,(H,23,28)(H,26,27). The number of aliphatic carboxylic acids is 1. The van der Waals surface area contributed by atoms with Gasteiger partial charge in [-0.25, -0.2) is 0 Å². The Morgan fingerprint density at radius 1 is 1.11 bits per heavy atom. The van der Waals surface area contributed by atoms with Gasteiger partial charge in [-0.15, -0.1) is 0 Å². The molecule has 0 unspecified atom stereocenters. The Labute approximate surface area is 165 Å². The Balaban J connectivity index is 1.54. The fourth-order valence-electron chi connectivity index (χ4n) is 3.65. The highest BCUT2D eigenvalue weighted by molar-refractivity contribution is 6.04. The van der Waals surface area contributed by atoms with E-state index in [9.17, 15) is 9.59 Å². The molecule has 2 N–H and O–H groups in total. The van der Waals surface area contributed by atoms with E-state index in [0.717, 1.165) is 43.7 Å². The highest BCUT2D eigenvalue weighted by Crippen LogP contribution is 2.18. The van der Waals surface area contributed by atoms with Gasteiger partial charge in [0, 0.05) is 23.8 Å². The summed E-state index contributed by atoms with van der Waals surface area (Å²) in [4.78, 5) is 27.6. The second-order valence-corrected chi connectivity index (χ2v) is 7.34. The van der Waals surface area contributed by atoms with Crippen molar-refractivity contribution < 1.29 is 14.7 Å². The number of carbonyl (C=O) groups excluding carboxylic acids is 1. The number of para-hydroxylation sites is 1. The lowest BCUT2D eigenvalue weighted by Gasteiger charge is -2.36. The van der Waals surface area contributed by atoms with E-state index in [0.29, 0.717) is 11.6 Å². The normalized spacial score (nSPS) is 15.5. The highest BCUT2D eigenvalue weighted by atomic mass is 16.4. The monoisotopic (exact) mass is 381 g/mol. The van der Waals surface area contributed by atoms with Crippen LogP contribution < -0.4 is 5.32 Å². The molecule has 2 aromatic rings. The number of likely N-dealkylation sites (tertiary alicyclic amines) is 1. The first-order valence-corrected chi connectivity index (χ1v) is 9.61. The second-order valence-electron chi connectivity index (χ2n) is 7.34. The molecule has 0 spiro atoms. The van der Waals surface area contributed by atoms with Gasteiger partial charge in [-0.05, 0) is 62.8 Å². The summed E-state index contributed by atoms with van der Waals surface area (Å²) >= 11 is 0. The van der Waals surface area contributed by atoms with Crippen LogP contribution in [0.25, 0.3) is 0 Å². The van der Waals surface area contributed by atoms with Crippen LogP contribution in [0.15, 0.2) is 54.6 Å². The van der Waals surface area contributed by atoms with E-state index in [-0.39, 0.29) is 12.5 Å². The van der Waals surface area contributed by atoms with Crippen LogP contribution in [-0.2, 0) is 11.3 Å². The molecule has 0 aliphatic carbocycles. The molecular formula is C22H27N3O3. The van der Waals surface area contributed by atoms with E-state index in [1.165, 1.54) is 0 Å². The lowest BCUT2D eigenvalue weighted by atomic mass is 10.0. The SMILES string of the molecule is CN(CC(=O)O)C1CCN(Cc2cccc(C(=O)Nc3ccccc3)c2)CC1.